The molecule has 0 radical (unpaired) electrons. The lowest BCUT2D eigenvalue weighted by atomic mass is 10.1. The average Bonchev–Trinajstić information content (AvgIpc) is 2.25. The van der Waals surface area contributed by atoms with Gasteiger partial charge in [-0.05, 0) is 24.6 Å². The Bertz CT molecular complexity index is 380. The molecule has 0 aromatic heterocycles. The summed E-state index contributed by atoms with van der Waals surface area (Å²) in [6.07, 6.45) is 0.612. The molecular formula is C11H13ClFNO2. The van der Waals surface area contributed by atoms with Crippen molar-refractivity contribution in [2.24, 2.45) is 0 Å². The molecule has 0 saturated carbocycles. The first-order valence-electron chi connectivity index (χ1n) is 4.95. The molecule has 0 bridgehead atoms. The van der Waals surface area contributed by atoms with Crippen LogP contribution in [0.15, 0.2) is 18.2 Å². The van der Waals surface area contributed by atoms with Gasteiger partial charge in [0, 0.05) is 0 Å². The molecule has 1 atom stereocenters. The molecule has 0 unspecified atom stereocenters. The van der Waals surface area contributed by atoms with Gasteiger partial charge in [0.1, 0.15) is 5.82 Å². The largest absolute Gasteiger partial charge is 0.394 e. The number of amides is 1. The Kier molecular flexibility index (Phi) is 4.71. The summed E-state index contributed by atoms with van der Waals surface area (Å²) in [4.78, 5) is 11.7. The number of aliphatic hydroxyl groups excluding tert-OH is 1. The average molecular weight is 246 g/mol. The van der Waals surface area contributed by atoms with Crippen molar-refractivity contribution in [1.29, 1.82) is 0 Å². The van der Waals surface area contributed by atoms with Crippen LogP contribution in [0.25, 0.3) is 0 Å². The monoisotopic (exact) mass is 245 g/mol. The summed E-state index contributed by atoms with van der Waals surface area (Å²) < 4.78 is 12.7. The number of benzene rings is 1. The van der Waals surface area contributed by atoms with Crippen LogP contribution in [-0.4, -0.2) is 23.7 Å². The minimum absolute atomic E-state index is 0.0605. The molecule has 1 aromatic carbocycles. The zero-order chi connectivity index (χ0) is 12.1. The third-order valence-electron chi connectivity index (χ3n) is 2.22. The van der Waals surface area contributed by atoms with Crippen LogP contribution in [0, 0.1) is 5.82 Å². The molecule has 88 valence electrons. The molecule has 3 nitrogen and oxygen atoms in total. The van der Waals surface area contributed by atoms with Crippen LogP contribution in [0.4, 0.5) is 4.39 Å². The number of carbonyl (C=O) groups excluding carboxylic acids is 1. The highest BCUT2D eigenvalue weighted by molar-refractivity contribution is 6.33. The number of aliphatic hydroxyl groups is 1. The molecule has 5 heteroatoms. The summed E-state index contributed by atoms with van der Waals surface area (Å²) in [6.45, 7) is 1.70. The minimum atomic E-state index is -0.490. The van der Waals surface area contributed by atoms with Crippen LogP contribution < -0.4 is 5.32 Å². The molecule has 16 heavy (non-hydrogen) atoms. The lowest BCUT2D eigenvalue weighted by Gasteiger charge is -2.14. The quantitative estimate of drug-likeness (QED) is 0.852. The summed E-state index contributed by atoms with van der Waals surface area (Å²) in [5.74, 6) is -0.901. The van der Waals surface area contributed by atoms with Crippen molar-refractivity contribution in [1.82, 2.24) is 5.32 Å². The van der Waals surface area contributed by atoms with Crippen molar-refractivity contribution >= 4 is 17.5 Å². The highest BCUT2D eigenvalue weighted by Crippen LogP contribution is 2.17. The van der Waals surface area contributed by atoms with Gasteiger partial charge in [0.05, 0.1) is 23.2 Å². The van der Waals surface area contributed by atoms with Crippen molar-refractivity contribution in [2.75, 3.05) is 6.61 Å². The third kappa shape index (κ3) is 3.18. The minimum Gasteiger partial charge on any atom is -0.394 e. The second-order valence-corrected chi connectivity index (χ2v) is 3.79. The maximum atomic E-state index is 12.7. The molecule has 0 spiro atoms. The summed E-state index contributed by atoms with van der Waals surface area (Å²) in [7, 11) is 0. The zero-order valence-corrected chi connectivity index (χ0v) is 9.59. The fourth-order valence-electron chi connectivity index (χ4n) is 1.21. The Hall–Kier alpha value is -1.13. The Balaban J connectivity index is 2.80. The molecule has 0 aliphatic rings. The summed E-state index contributed by atoms with van der Waals surface area (Å²) >= 11 is 5.73. The molecule has 0 saturated heterocycles. The maximum Gasteiger partial charge on any atom is 0.253 e. The highest BCUT2D eigenvalue weighted by atomic mass is 35.5. The van der Waals surface area contributed by atoms with Gasteiger partial charge in [0.15, 0.2) is 0 Å². The Morgan fingerprint density at radius 2 is 2.31 bits per heavy atom. The molecule has 0 aliphatic carbocycles. The van der Waals surface area contributed by atoms with E-state index in [9.17, 15) is 9.18 Å². The smallest absolute Gasteiger partial charge is 0.253 e. The first-order chi connectivity index (χ1) is 7.58. The van der Waals surface area contributed by atoms with Crippen molar-refractivity contribution < 1.29 is 14.3 Å². The second kappa shape index (κ2) is 5.82. The van der Waals surface area contributed by atoms with Gasteiger partial charge in [0.25, 0.3) is 5.91 Å². The predicted molar refractivity (Wildman–Crippen MR) is 60.0 cm³/mol. The number of hydrogen-bond donors (Lipinski definition) is 2. The number of rotatable bonds is 4. The standard InChI is InChI=1S/C11H13ClFNO2/c1-2-8(6-15)14-11(16)9-4-3-7(13)5-10(9)12/h3-5,8,15H,2,6H2,1H3,(H,14,16)/t8-/m0/s1. The fourth-order valence-corrected chi connectivity index (χ4v) is 1.47. The Morgan fingerprint density at radius 1 is 1.62 bits per heavy atom. The van der Waals surface area contributed by atoms with Gasteiger partial charge in [-0.25, -0.2) is 4.39 Å². The van der Waals surface area contributed by atoms with Crippen molar-refractivity contribution in [2.45, 2.75) is 19.4 Å². The van der Waals surface area contributed by atoms with Crippen LogP contribution in [0.5, 0.6) is 0 Å². The van der Waals surface area contributed by atoms with Crippen molar-refractivity contribution in [3.63, 3.8) is 0 Å². The van der Waals surface area contributed by atoms with E-state index in [1.807, 2.05) is 6.92 Å². The van der Waals surface area contributed by atoms with E-state index < -0.39 is 11.7 Å². The molecule has 2 N–H and O–H groups in total. The maximum absolute atomic E-state index is 12.7. The Labute approximate surface area is 98.2 Å². The van der Waals surface area contributed by atoms with E-state index in [2.05, 4.69) is 5.32 Å². The van der Waals surface area contributed by atoms with Crippen LogP contribution >= 0.6 is 11.6 Å². The van der Waals surface area contributed by atoms with Crippen molar-refractivity contribution in [3.05, 3.63) is 34.6 Å². The van der Waals surface area contributed by atoms with Gasteiger partial charge in [-0.2, -0.15) is 0 Å². The SMILES string of the molecule is CC[C@@H](CO)NC(=O)c1ccc(F)cc1Cl. The van der Waals surface area contributed by atoms with Crippen LogP contribution in [0.3, 0.4) is 0 Å². The Morgan fingerprint density at radius 3 is 2.81 bits per heavy atom. The van der Waals surface area contributed by atoms with Crippen LogP contribution in [0.2, 0.25) is 5.02 Å². The number of hydrogen-bond acceptors (Lipinski definition) is 2. The molecule has 1 rings (SSSR count). The molecule has 1 amide bonds. The molecular weight excluding hydrogens is 233 g/mol. The third-order valence-corrected chi connectivity index (χ3v) is 2.54. The first-order valence-corrected chi connectivity index (χ1v) is 5.33. The zero-order valence-electron chi connectivity index (χ0n) is 8.84. The van der Waals surface area contributed by atoms with E-state index in [1.165, 1.54) is 12.1 Å². The van der Waals surface area contributed by atoms with Gasteiger partial charge >= 0.3 is 0 Å². The lowest BCUT2D eigenvalue weighted by molar-refractivity contribution is 0.0915. The second-order valence-electron chi connectivity index (χ2n) is 3.39. The van der Waals surface area contributed by atoms with E-state index in [4.69, 9.17) is 16.7 Å². The summed E-state index contributed by atoms with van der Waals surface area (Å²) in [5, 5.41) is 11.6. The van der Waals surface area contributed by atoms with E-state index in [0.29, 0.717) is 6.42 Å². The predicted octanol–water partition coefficient (Wildman–Crippen LogP) is 1.98. The van der Waals surface area contributed by atoms with Crippen LogP contribution in [0.1, 0.15) is 23.7 Å². The molecule has 0 heterocycles. The van der Waals surface area contributed by atoms with E-state index in [1.54, 1.807) is 0 Å². The molecule has 1 aromatic rings. The lowest BCUT2D eigenvalue weighted by Crippen LogP contribution is -2.37. The van der Waals surface area contributed by atoms with Gasteiger partial charge in [-0.3, -0.25) is 4.79 Å². The van der Waals surface area contributed by atoms with Gasteiger partial charge < -0.3 is 10.4 Å². The highest BCUT2D eigenvalue weighted by Gasteiger charge is 2.14. The van der Waals surface area contributed by atoms with Crippen LogP contribution in [-0.2, 0) is 0 Å². The van der Waals surface area contributed by atoms with Gasteiger partial charge in [0.2, 0.25) is 0 Å². The fraction of sp³-hybridized carbons (Fsp3) is 0.364. The first kappa shape index (κ1) is 12.9. The van der Waals surface area contributed by atoms with Crippen molar-refractivity contribution in [3.8, 4) is 0 Å². The summed E-state index contributed by atoms with van der Waals surface area (Å²) in [5.41, 5.74) is 0.204. The van der Waals surface area contributed by atoms with Gasteiger partial charge in [-0.1, -0.05) is 18.5 Å². The van der Waals surface area contributed by atoms with Gasteiger partial charge in [-0.15, -0.1) is 0 Å². The number of nitrogens with one attached hydrogen (secondary N) is 1. The van der Waals surface area contributed by atoms with E-state index >= 15 is 0 Å². The molecule has 0 aliphatic heterocycles. The van der Waals surface area contributed by atoms with E-state index in [0.717, 1.165) is 6.07 Å². The van der Waals surface area contributed by atoms with E-state index in [-0.39, 0.29) is 23.2 Å². The topological polar surface area (TPSA) is 49.3 Å². The normalized spacial score (nSPS) is 12.2. The molecule has 0 fully saturated rings. The summed E-state index contributed by atoms with van der Waals surface area (Å²) in [6, 6.07) is 3.25. The number of halogens is 2. The number of carbonyl (C=O) groups is 1.